The number of hydrogen-bond acceptors (Lipinski definition) is 3. The van der Waals surface area contributed by atoms with Crippen LogP contribution < -0.4 is 5.32 Å². The highest BCUT2D eigenvalue weighted by Crippen LogP contribution is 2.10. The zero-order valence-electron chi connectivity index (χ0n) is 19.3. The second-order valence-electron chi connectivity index (χ2n) is 8.29. The molecule has 0 heterocycles. The van der Waals surface area contributed by atoms with Crippen LogP contribution in [-0.2, 0) is 9.59 Å². The molecule has 2 N–H and O–H groups in total. The number of carbonyl (C=O) groups is 2. The Morgan fingerprint density at radius 1 is 0.862 bits per heavy atom. The highest BCUT2D eigenvalue weighted by atomic mass is 16.4. The SMILES string of the molecule is CCCCC/C=C/CCCCCCCCC(=O)NCCCC[C@@H](C(=O)O)N(C)C. The van der Waals surface area contributed by atoms with Gasteiger partial charge in [-0.2, -0.15) is 0 Å². The molecule has 29 heavy (non-hydrogen) atoms. The van der Waals surface area contributed by atoms with Gasteiger partial charge in [-0.15, -0.1) is 0 Å². The van der Waals surface area contributed by atoms with Crippen LogP contribution in [-0.4, -0.2) is 48.6 Å². The van der Waals surface area contributed by atoms with Crippen molar-refractivity contribution in [1.82, 2.24) is 10.2 Å². The van der Waals surface area contributed by atoms with E-state index in [4.69, 9.17) is 5.11 Å². The minimum Gasteiger partial charge on any atom is -0.480 e. The molecule has 0 unspecified atom stereocenters. The maximum Gasteiger partial charge on any atom is 0.320 e. The Labute approximate surface area is 179 Å². The number of carboxylic acid groups (broad SMARTS) is 1. The number of aliphatic carboxylic acids is 1. The van der Waals surface area contributed by atoms with Crippen molar-refractivity contribution < 1.29 is 14.7 Å². The summed E-state index contributed by atoms with van der Waals surface area (Å²) >= 11 is 0. The molecule has 0 bridgehead atoms. The minimum atomic E-state index is -0.780. The first-order valence-corrected chi connectivity index (χ1v) is 11.8. The first-order valence-electron chi connectivity index (χ1n) is 11.8. The van der Waals surface area contributed by atoms with Gasteiger partial charge in [0, 0.05) is 13.0 Å². The number of likely N-dealkylation sites (N-methyl/N-ethyl adjacent to an activating group) is 1. The Kier molecular flexibility index (Phi) is 19.0. The number of allylic oxidation sites excluding steroid dienone is 2. The third kappa shape index (κ3) is 18.4. The van der Waals surface area contributed by atoms with E-state index in [9.17, 15) is 9.59 Å². The molecule has 0 aliphatic heterocycles. The molecule has 0 aliphatic rings. The number of carboxylic acids is 1. The summed E-state index contributed by atoms with van der Waals surface area (Å²) in [6, 6.07) is -0.437. The summed E-state index contributed by atoms with van der Waals surface area (Å²) in [4.78, 5) is 24.7. The number of unbranched alkanes of at least 4 members (excludes halogenated alkanes) is 10. The maximum absolute atomic E-state index is 11.8. The average Bonchev–Trinajstić information content (AvgIpc) is 2.67. The predicted molar refractivity (Wildman–Crippen MR) is 122 cm³/mol. The molecule has 5 heteroatoms. The van der Waals surface area contributed by atoms with Crippen molar-refractivity contribution in [3.63, 3.8) is 0 Å². The van der Waals surface area contributed by atoms with E-state index < -0.39 is 12.0 Å². The summed E-state index contributed by atoms with van der Waals surface area (Å²) in [6.45, 7) is 2.88. The summed E-state index contributed by atoms with van der Waals surface area (Å²) in [5, 5.41) is 12.1. The molecular weight excluding hydrogens is 364 g/mol. The Morgan fingerprint density at radius 3 is 2.03 bits per heavy atom. The van der Waals surface area contributed by atoms with Crippen molar-refractivity contribution in [3.8, 4) is 0 Å². The Bertz CT molecular complexity index is 436. The van der Waals surface area contributed by atoms with Gasteiger partial charge >= 0.3 is 5.97 Å². The number of rotatable bonds is 20. The molecule has 0 aromatic carbocycles. The lowest BCUT2D eigenvalue weighted by molar-refractivity contribution is -0.142. The van der Waals surface area contributed by atoms with E-state index in [1.54, 1.807) is 19.0 Å². The quantitative estimate of drug-likeness (QED) is 0.204. The summed E-state index contributed by atoms with van der Waals surface area (Å²) in [7, 11) is 3.57. The van der Waals surface area contributed by atoms with Crippen LogP contribution in [0.5, 0.6) is 0 Å². The Balaban J connectivity index is 3.41. The molecule has 0 rings (SSSR count). The lowest BCUT2D eigenvalue weighted by Crippen LogP contribution is -2.35. The van der Waals surface area contributed by atoms with Crippen molar-refractivity contribution >= 4 is 11.9 Å². The molecule has 170 valence electrons. The Morgan fingerprint density at radius 2 is 1.45 bits per heavy atom. The molecule has 0 aromatic heterocycles. The Hall–Kier alpha value is -1.36. The van der Waals surface area contributed by atoms with Crippen molar-refractivity contribution in [1.29, 1.82) is 0 Å². The van der Waals surface area contributed by atoms with E-state index >= 15 is 0 Å². The van der Waals surface area contributed by atoms with Gasteiger partial charge < -0.3 is 10.4 Å². The van der Waals surface area contributed by atoms with E-state index in [0.29, 0.717) is 19.4 Å². The fourth-order valence-electron chi connectivity index (χ4n) is 3.38. The normalized spacial score (nSPS) is 12.6. The van der Waals surface area contributed by atoms with E-state index in [2.05, 4.69) is 24.4 Å². The average molecular weight is 411 g/mol. The molecule has 1 atom stereocenters. The molecule has 0 saturated carbocycles. The summed E-state index contributed by atoms with van der Waals surface area (Å²) in [5.74, 6) is -0.654. The first kappa shape index (κ1) is 27.6. The maximum atomic E-state index is 11.8. The summed E-state index contributed by atoms with van der Waals surface area (Å²) < 4.78 is 0. The predicted octanol–water partition coefficient (Wildman–Crippen LogP) is 5.55. The highest BCUT2D eigenvalue weighted by Gasteiger charge is 2.18. The highest BCUT2D eigenvalue weighted by molar-refractivity contribution is 5.75. The van der Waals surface area contributed by atoms with Gasteiger partial charge in [0.2, 0.25) is 5.91 Å². The topological polar surface area (TPSA) is 69.6 Å². The van der Waals surface area contributed by atoms with E-state index in [1.165, 1.54) is 57.8 Å². The number of amides is 1. The van der Waals surface area contributed by atoms with Gasteiger partial charge in [0.15, 0.2) is 0 Å². The summed E-state index contributed by atoms with van der Waals surface area (Å²) in [6.07, 6.45) is 21.1. The second kappa shape index (κ2) is 19.9. The van der Waals surface area contributed by atoms with Crippen molar-refractivity contribution in [3.05, 3.63) is 12.2 Å². The van der Waals surface area contributed by atoms with E-state index in [1.807, 2.05) is 0 Å². The lowest BCUT2D eigenvalue weighted by atomic mass is 10.1. The van der Waals surface area contributed by atoms with Gasteiger partial charge in [0.05, 0.1) is 0 Å². The van der Waals surface area contributed by atoms with Crippen LogP contribution in [0.4, 0.5) is 0 Å². The molecule has 0 spiro atoms. The van der Waals surface area contributed by atoms with Crippen molar-refractivity contribution in [2.45, 2.75) is 109 Å². The van der Waals surface area contributed by atoms with Crippen LogP contribution in [0.25, 0.3) is 0 Å². The fraction of sp³-hybridized carbons (Fsp3) is 0.833. The van der Waals surface area contributed by atoms with E-state index in [0.717, 1.165) is 25.7 Å². The monoisotopic (exact) mass is 410 g/mol. The molecule has 5 nitrogen and oxygen atoms in total. The van der Waals surface area contributed by atoms with Crippen molar-refractivity contribution in [2.24, 2.45) is 0 Å². The number of nitrogens with zero attached hydrogens (tertiary/aromatic N) is 1. The number of carbonyl (C=O) groups excluding carboxylic acids is 1. The minimum absolute atomic E-state index is 0.126. The van der Waals surface area contributed by atoms with Gasteiger partial charge in [-0.1, -0.05) is 57.6 Å². The standard InChI is InChI=1S/C24H46N2O3/c1-4-5-6-7-8-9-10-11-12-13-14-15-16-20-23(27)25-21-18-17-19-22(24(28)29)26(2)3/h8-9,22H,4-7,10-21H2,1-3H3,(H,25,27)(H,28,29)/b9-8+/t22-/m0/s1. The van der Waals surface area contributed by atoms with Gasteiger partial charge in [0.25, 0.3) is 0 Å². The second-order valence-corrected chi connectivity index (χ2v) is 8.29. The third-order valence-electron chi connectivity index (χ3n) is 5.30. The van der Waals surface area contributed by atoms with Crippen LogP contribution in [0.15, 0.2) is 12.2 Å². The molecule has 0 saturated heterocycles. The molecule has 0 radical (unpaired) electrons. The molecule has 0 aliphatic carbocycles. The largest absolute Gasteiger partial charge is 0.480 e. The van der Waals surface area contributed by atoms with Gasteiger partial charge in [0.1, 0.15) is 6.04 Å². The van der Waals surface area contributed by atoms with Gasteiger partial charge in [-0.3, -0.25) is 14.5 Å². The van der Waals surface area contributed by atoms with Crippen LogP contribution in [0.2, 0.25) is 0 Å². The number of hydrogen-bond donors (Lipinski definition) is 2. The van der Waals surface area contributed by atoms with E-state index in [-0.39, 0.29) is 5.91 Å². The first-order chi connectivity index (χ1) is 14.0. The molecule has 0 aromatic rings. The molecule has 0 fully saturated rings. The van der Waals surface area contributed by atoms with Crippen LogP contribution in [0.3, 0.4) is 0 Å². The van der Waals surface area contributed by atoms with Crippen LogP contribution in [0, 0.1) is 0 Å². The van der Waals surface area contributed by atoms with Crippen molar-refractivity contribution in [2.75, 3.05) is 20.6 Å². The zero-order valence-corrected chi connectivity index (χ0v) is 19.3. The van der Waals surface area contributed by atoms with Gasteiger partial charge in [-0.25, -0.2) is 0 Å². The van der Waals surface area contributed by atoms with Gasteiger partial charge in [-0.05, 0) is 65.5 Å². The summed E-state index contributed by atoms with van der Waals surface area (Å²) in [5.41, 5.74) is 0. The van der Waals surface area contributed by atoms with Crippen LogP contribution >= 0.6 is 0 Å². The number of nitrogens with one attached hydrogen (secondary N) is 1. The molecule has 1 amide bonds. The fourth-order valence-corrected chi connectivity index (χ4v) is 3.38. The lowest BCUT2D eigenvalue weighted by Gasteiger charge is -2.19. The van der Waals surface area contributed by atoms with Crippen LogP contribution in [0.1, 0.15) is 103 Å². The smallest absolute Gasteiger partial charge is 0.320 e. The zero-order chi connectivity index (χ0) is 21.7. The molecular formula is C24H46N2O3. The third-order valence-corrected chi connectivity index (χ3v) is 5.30.